The van der Waals surface area contributed by atoms with Crippen molar-refractivity contribution in [3.63, 3.8) is 0 Å². The molecule has 4 aromatic carbocycles. The summed E-state index contributed by atoms with van der Waals surface area (Å²) in [5.41, 5.74) is 4.56. The molecule has 4 aromatic rings. The Morgan fingerprint density at radius 1 is 0.698 bits per heavy atom. The molecule has 1 fully saturated rings. The van der Waals surface area contributed by atoms with E-state index in [1.54, 1.807) is 37.3 Å². The number of amides is 3. The number of hydrazine groups is 1. The van der Waals surface area contributed by atoms with E-state index in [1.165, 1.54) is 18.2 Å². The number of nitrogens with zero attached hydrogens (tertiary/aromatic N) is 2. The number of Topliss-reactive ketones (excluding diaryl/α,β-unsaturated/α-hetero) is 1. The lowest BCUT2D eigenvalue weighted by molar-refractivity contribution is -0.156. The van der Waals surface area contributed by atoms with Crippen LogP contribution in [0.25, 0.3) is 0 Å². The fourth-order valence-corrected chi connectivity index (χ4v) is 7.57. The van der Waals surface area contributed by atoms with Crippen molar-refractivity contribution < 1.29 is 19.2 Å². The maximum atomic E-state index is 14.6. The highest BCUT2D eigenvalue weighted by atomic mass is 35.5. The van der Waals surface area contributed by atoms with Gasteiger partial charge in [-0.25, -0.2) is 5.01 Å². The van der Waals surface area contributed by atoms with Gasteiger partial charge in [-0.15, -0.1) is 0 Å². The summed E-state index contributed by atoms with van der Waals surface area (Å²) in [7, 11) is 0. The van der Waals surface area contributed by atoms with Gasteiger partial charge in [-0.1, -0.05) is 109 Å². The monoisotopic (exact) mass is 608 g/mol. The van der Waals surface area contributed by atoms with Crippen molar-refractivity contribution in [3.05, 3.63) is 140 Å². The third-order valence-corrected chi connectivity index (χ3v) is 9.80. The van der Waals surface area contributed by atoms with Crippen molar-refractivity contribution in [2.75, 3.05) is 0 Å². The van der Waals surface area contributed by atoms with Crippen LogP contribution in [0.2, 0.25) is 10.0 Å². The first-order valence-electron chi connectivity index (χ1n) is 14.3. The molecular formula is C35H26Cl2N2O4. The van der Waals surface area contributed by atoms with Gasteiger partial charge in [0.25, 0.3) is 17.7 Å². The van der Waals surface area contributed by atoms with Crippen LogP contribution in [-0.4, -0.2) is 39.6 Å². The van der Waals surface area contributed by atoms with Gasteiger partial charge in [-0.2, -0.15) is 5.01 Å². The fraction of sp³-hybridized carbons (Fsp3) is 0.200. The number of hydrogen-bond acceptors (Lipinski definition) is 4. The SMILES string of the molecule is CC[C@H](C(=O)c1ccccc1)N(C(=O)c1ccc(Cl)c(Cl)c1)N1C(=O)[C@H]2C3c4ccccc4C(c4ccccc43)[C@@H]2C1=O. The maximum Gasteiger partial charge on any atom is 0.273 e. The molecule has 43 heavy (non-hydrogen) atoms. The predicted molar refractivity (Wildman–Crippen MR) is 163 cm³/mol. The number of ketones is 1. The molecule has 6 nitrogen and oxygen atoms in total. The molecule has 3 aliphatic carbocycles. The Labute approximate surface area is 258 Å². The van der Waals surface area contributed by atoms with Gasteiger partial charge in [-0.3, -0.25) is 19.2 Å². The number of benzene rings is 4. The Bertz CT molecular complexity index is 1710. The largest absolute Gasteiger partial charge is 0.292 e. The molecule has 8 heteroatoms. The van der Waals surface area contributed by atoms with Gasteiger partial charge in [0.1, 0.15) is 6.04 Å². The van der Waals surface area contributed by atoms with E-state index in [-0.39, 0.29) is 39.6 Å². The van der Waals surface area contributed by atoms with Crippen LogP contribution in [0.15, 0.2) is 97.1 Å². The number of carbonyl (C=O) groups excluding carboxylic acids is 4. The van der Waals surface area contributed by atoms with E-state index in [0.717, 1.165) is 32.3 Å². The summed E-state index contributed by atoms with van der Waals surface area (Å²) in [4.78, 5) is 57.5. The summed E-state index contributed by atoms with van der Waals surface area (Å²) in [6.45, 7) is 1.76. The number of carbonyl (C=O) groups is 4. The van der Waals surface area contributed by atoms with Crippen molar-refractivity contribution in [1.29, 1.82) is 0 Å². The minimum Gasteiger partial charge on any atom is -0.292 e. The van der Waals surface area contributed by atoms with E-state index in [0.29, 0.717) is 5.56 Å². The second kappa shape index (κ2) is 10.5. The summed E-state index contributed by atoms with van der Waals surface area (Å²) in [5, 5.41) is 2.44. The Morgan fingerprint density at radius 3 is 1.65 bits per heavy atom. The van der Waals surface area contributed by atoms with Gasteiger partial charge in [0.05, 0.1) is 21.9 Å². The number of rotatable bonds is 6. The Hall–Kier alpha value is -4.26. The molecule has 0 radical (unpaired) electrons. The zero-order chi connectivity index (χ0) is 30.0. The minimum atomic E-state index is -1.13. The Kier molecular flexibility index (Phi) is 6.71. The summed E-state index contributed by atoms with van der Waals surface area (Å²) >= 11 is 12.4. The molecule has 3 atom stereocenters. The molecular weight excluding hydrogens is 583 g/mol. The molecule has 3 amide bonds. The normalized spacial score (nSPS) is 22.1. The van der Waals surface area contributed by atoms with Gasteiger partial charge in [0.2, 0.25) is 0 Å². The first-order chi connectivity index (χ1) is 20.8. The number of imide groups is 1. The summed E-state index contributed by atoms with van der Waals surface area (Å²) in [5.74, 6) is -4.15. The Morgan fingerprint density at radius 2 is 1.19 bits per heavy atom. The molecule has 0 saturated carbocycles. The first-order valence-corrected chi connectivity index (χ1v) is 15.0. The molecule has 1 saturated heterocycles. The molecule has 1 aliphatic heterocycles. The third kappa shape index (κ3) is 4.08. The maximum absolute atomic E-state index is 14.6. The van der Waals surface area contributed by atoms with Crippen LogP contribution in [-0.2, 0) is 9.59 Å². The smallest absolute Gasteiger partial charge is 0.273 e. The van der Waals surface area contributed by atoms with Crippen molar-refractivity contribution >= 4 is 46.7 Å². The van der Waals surface area contributed by atoms with Gasteiger partial charge >= 0.3 is 0 Å². The topological polar surface area (TPSA) is 74.8 Å². The molecule has 4 aliphatic rings. The fourth-order valence-electron chi connectivity index (χ4n) is 7.27. The highest BCUT2D eigenvalue weighted by molar-refractivity contribution is 6.42. The van der Waals surface area contributed by atoms with Crippen LogP contribution in [0.3, 0.4) is 0 Å². The van der Waals surface area contributed by atoms with Gasteiger partial charge in [-0.05, 0) is 46.9 Å². The second-order valence-corrected chi connectivity index (χ2v) is 12.0. The summed E-state index contributed by atoms with van der Waals surface area (Å²) < 4.78 is 0. The zero-order valence-electron chi connectivity index (χ0n) is 23.1. The molecule has 2 bridgehead atoms. The van der Waals surface area contributed by atoms with Crippen LogP contribution < -0.4 is 0 Å². The molecule has 0 N–H and O–H groups in total. The van der Waals surface area contributed by atoms with E-state index in [4.69, 9.17) is 23.2 Å². The second-order valence-electron chi connectivity index (χ2n) is 11.2. The highest BCUT2D eigenvalue weighted by Crippen LogP contribution is 2.61. The molecule has 8 rings (SSSR count). The van der Waals surface area contributed by atoms with Gasteiger partial charge in [0, 0.05) is 23.0 Å². The van der Waals surface area contributed by atoms with Crippen molar-refractivity contribution in [1.82, 2.24) is 10.0 Å². The lowest BCUT2D eigenvalue weighted by Gasteiger charge is -2.45. The Balaban J connectivity index is 1.38. The van der Waals surface area contributed by atoms with E-state index in [1.807, 2.05) is 48.5 Å². The lowest BCUT2D eigenvalue weighted by Crippen LogP contribution is -2.57. The average Bonchev–Trinajstić information content (AvgIpc) is 3.30. The number of hydrogen-bond donors (Lipinski definition) is 0. The third-order valence-electron chi connectivity index (χ3n) is 9.06. The molecule has 214 valence electrons. The lowest BCUT2D eigenvalue weighted by atomic mass is 9.55. The van der Waals surface area contributed by atoms with Crippen LogP contribution in [0.4, 0.5) is 0 Å². The molecule has 1 heterocycles. The van der Waals surface area contributed by atoms with E-state index >= 15 is 0 Å². The van der Waals surface area contributed by atoms with Crippen molar-refractivity contribution in [3.8, 4) is 0 Å². The van der Waals surface area contributed by atoms with E-state index in [2.05, 4.69) is 0 Å². The quantitative estimate of drug-likeness (QED) is 0.176. The van der Waals surface area contributed by atoms with Crippen LogP contribution in [0, 0.1) is 11.8 Å². The van der Waals surface area contributed by atoms with Crippen LogP contribution in [0.1, 0.15) is 68.2 Å². The zero-order valence-corrected chi connectivity index (χ0v) is 24.6. The first kappa shape index (κ1) is 27.6. The van der Waals surface area contributed by atoms with E-state index < -0.39 is 35.6 Å². The molecule has 0 spiro atoms. The standard InChI is InChI=1S/C35H26Cl2N2O4/c1-2-27(32(40)19-10-4-3-5-11-19)38(33(41)20-16-17-25(36)26(37)18-20)39-34(42)30-28-21-12-6-7-13-22(21)29(31(30)35(39)43)24-15-9-8-14-23(24)28/h3-18,27-31H,2H2,1H3/t27-,28?,29?,30+,31+/m1/s1. The number of halogens is 2. The van der Waals surface area contributed by atoms with Gasteiger partial charge in [0.15, 0.2) is 5.78 Å². The average molecular weight is 610 g/mol. The van der Waals surface area contributed by atoms with Crippen LogP contribution in [0.5, 0.6) is 0 Å². The van der Waals surface area contributed by atoms with Crippen molar-refractivity contribution in [2.24, 2.45) is 11.8 Å². The van der Waals surface area contributed by atoms with E-state index in [9.17, 15) is 19.2 Å². The summed E-state index contributed by atoms with van der Waals surface area (Å²) in [6, 6.07) is 27.7. The highest BCUT2D eigenvalue weighted by Gasteiger charge is 2.63. The summed E-state index contributed by atoms with van der Waals surface area (Å²) in [6.07, 6.45) is 0.167. The predicted octanol–water partition coefficient (Wildman–Crippen LogP) is 6.90. The molecule has 0 aromatic heterocycles. The van der Waals surface area contributed by atoms with Gasteiger partial charge < -0.3 is 0 Å². The molecule has 0 unspecified atom stereocenters. The van der Waals surface area contributed by atoms with Crippen LogP contribution >= 0.6 is 23.2 Å². The minimum absolute atomic E-state index is 0.110. The van der Waals surface area contributed by atoms with Crippen molar-refractivity contribution in [2.45, 2.75) is 31.2 Å².